The minimum Gasteiger partial charge on any atom is -0.393 e. The van der Waals surface area contributed by atoms with Crippen molar-refractivity contribution in [3.63, 3.8) is 0 Å². The van der Waals surface area contributed by atoms with E-state index in [1.54, 1.807) is 0 Å². The molecule has 0 aliphatic rings. The van der Waals surface area contributed by atoms with Crippen molar-refractivity contribution in [2.45, 2.75) is 25.4 Å². The Bertz CT molecular complexity index is 223. The molecule has 0 heterocycles. The lowest BCUT2D eigenvalue weighted by Gasteiger charge is -2.07. The molecule has 0 radical (unpaired) electrons. The van der Waals surface area contributed by atoms with Crippen molar-refractivity contribution in [1.29, 1.82) is 0 Å². The van der Waals surface area contributed by atoms with E-state index in [0.29, 0.717) is 0 Å². The minimum atomic E-state index is -0.167. The summed E-state index contributed by atoms with van der Waals surface area (Å²) < 4.78 is 0. The summed E-state index contributed by atoms with van der Waals surface area (Å²) in [5.74, 6) is 0. The highest BCUT2D eigenvalue weighted by molar-refractivity contribution is 9.09. The van der Waals surface area contributed by atoms with Crippen LogP contribution in [0.1, 0.15) is 18.4 Å². The molecule has 1 atom stereocenters. The van der Waals surface area contributed by atoms with Gasteiger partial charge in [0.15, 0.2) is 0 Å². The van der Waals surface area contributed by atoms with Gasteiger partial charge in [0.05, 0.1) is 6.10 Å². The Kier molecular flexibility index (Phi) is 5.09. The molecule has 0 fully saturated rings. The average molecular weight is 243 g/mol. The summed E-state index contributed by atoms with van der Waals surface area (Å²) in [6, 6.07) is 10.3. The van der Waals surface area contributed by atoms with Gasteiger partial charge in [-0.3, -0.25) is 0 Å². The first-order valence-electron chi connectivity index (χ1n) is 4.61. The average Bonchev–Trinajstić information content (AvgIpc) is 2.17. The predicted molar refractivity (Wildman–Crippen MR) is 59.2 cm³/mol. The lowest BCUT2D eigenvalue weighted by Crippen LogP contribution is -2.08. The van der Waals surface area contributed by atoms with Crippen LogP contribution in [0.4, 0.5) is 0 Å². The van der Waals surface area contributed by atoms with E-state index >= 15 is 0 Å². The van der Waals surface area contributed by atoms with E-state index in [0.717, 1.165) is 24.6 Å². The van der Waals surface area contributed by atoms with Gasteiger partial charge in [-0.1, -0.05) is 46.3 Å². The highest BCUT2D eigenvalue weighted by atomic mass is 79.9. The van der Waals surface area contributed by atoms with Crippen molar-refractivity contribution < 1.29 is 5.11 Å². The standard InChI is InChI=1S/C11H15BrO/c12-9-8-11(13)7-6-10-4-2-1-3-5-10/h1-5,11,13H,6-9H2. The Balaban J connectivity index is 2.27. The van der Waals surface area contributed by atoms with E-state index in [-0.39, 0.29) is 6.10 Å². The third-order valence-corrected chi connectivity index (χ3v) is 2.51. The maximum absolute atomic E-state index is 9.48. The Morgan fingerprint density at radius 3 is 2.46 bits per heavy atom. The summed E-state index contributed by atoms with van der Waals surface area (Å²) in [7, 11) is 0. The molecule has 1 N–H and O–H groups in total. The Hall–Kier alpha value is -0.340. The molecule has 2 heteroatoms. The van der Waals surface area contributed by atoms with Crippen LogP contribution in [0, 0.1) is 0 Å². The second-order valence-corrected chi connectivity index (χ2v) is 3.95. The third kappa shape index (κ3) is 4.44. The molecule has 1 aromatic carbocycles. The molecule has 0 spiro atoms. The van der Waals surface area contributed by atoms with E-state index in [9.17, 15) is 5.11 Å². The Labute approximate surface area is 87.9 Å². The molecule has 0 saturated heterocycles. The van der Waals surface area contributed by atoms with E-state index < -0.39 is 0 Å². The maximum atomic E-state index is 9.48. The largest absolute Gasteiger partial charge is 0.393 e. The SMILES string of the molecule is OC(CCBr)CCc1ccccc1. The normalized spacial score (nSPS) is 12.8. The maximum Gasteiger partial charge on any atom is 0.0551 e. The lowest BCUT2D eigenvalue weighted by molar-refractivity contribution is 0.162. The number of aliphatic hydroxyl groups excluding tert-OH is 1. The molecule has 1 rings (SSSR count). The van der Waals surface area contributed by atoms with Gasteiger partial charge >= 0.3 is 0 Å². The van der Waals surface area contributed by atoms with Crippen LogP contribution in [-0.2, 0) is 6.42 Å². The molecule has 0 amide bonds. The number of halogens is 1. The van der Waals surface area contributed by atoms with Crippen LogP contribution < -0.4 is 0 Å². The van der Waals surface area contributed by atoms with Gasteiger partial charge in [-0.05, 0) is 24.8 Å². The van der Waals surface area contributed by atoms with Gasteiger partial charge in [0.25, 0.3) is 0 Å². The Morgan fingerprint density at radius 1 is 1.15 bits per heavy atom. The van der Waals surface area contributed by atoms with Crippen molar-refractivity contribution in [1.82, 2.24) is 0 Å². The molecule has 72 valence electrons. The fourth-order valence-corrected chi connectivity index (χ4v) is 1.78. The van der Waals surface area contributed by atoms with Crippen molar-refractivity contribution in [3.8, 4) is 0 Å². The molecule has 0 aromatic heterocycles. The summed E-state index contributed by atoms with van der Waals surface area (Å²) in [5.41, 5.74) is 1.30. The molecule has 0 aliphatic heterocycles. The van der Waals surface area contributed by atoms with Gasteiger partial charge in [0, 0.05) is 5.33 Å². The highest BCUT2D eigenvalue weighted by Crippen LogP contribution is 2.07. The molecule has 13 heavy (non-hydrogen) atoms. The van der Waals surface area contributed by atoms with Crippen molar-refractivity contribution >= 4 is 15.9 Å². The van der Waals surface area contributed by atoms with Crippen molar-refractivity contribution in [2.75, 3.05) is 5.33 Å². The number of alkyl halides is 1. The molecule has 0 saturated carbocycles. The van der Waals surface area contributed by atoms with Crippen LogP contribution in [0.3, 0.4) is 0 Å². The molecule has 0 bridgehead atoms. The first-order chi connectivity index (χ1) is 6.33. The molecule has 1 aromatic rings. The van der Waals surface area contributed by atoms with E-state index in [1.807, 2.05) is 18.2 Å². The van der Waals surface area contributed by atoms with Gasteiger partial charge < -0.3 is 5.11 Å². The van der Waals surface area contributed by atoms with Crippen LogP contribution >= 0.6 is 15.9 Å². The molecular weight excluding hydrogens is 228 g/mol. The smallest absolute Gasteiger partial charge is 0.0551 e. The molecule has 1 unspecified atom stereocenters. The molecule has 0 aliphatic carbocycles. The van der Waals surface area contributed by atoms with Gasteiger partial charge in [-0.2, -0.15) is 0 Å². The van der Waals surface area contributed by atoms with Crippen LogP contribution in [0.25, 0.3) is 0 Å². The molecule has 1 nitrogen and oxygen atoms in total. The summed E-state index contributed by atoms with van der Waals surface area (Å²) in [5, 5.41) is 10.4. The minimum absolute atomic E-state index is 0.167. The first-order valence-corrected chi connectivity index (χ1v) is 5.73. The quantitative estimate of drug-likeness (QED) is 0.788. The number of benzene rings is 1. The van der Waals surface area contributed by atoms with E-state index in [4.69, 9.17) is 0 Å². The van der Waals surface area contributed by atoms with Crippen LogP contribution in [0.15, 0.2) is 30.3 Å². The van der Waals surface area contributed by atoms with Crippen LogP contribution in [0.2, 0.25) is 0 Å². The lowest BCUT2D eigenvalue weighted by atomic mass is 10.1. The third-order valence-electron chi connectivity index (χ3n) is 2.05. The fourth-order valence-electron chi connectivity index (χ4n) is 1.25. The number of hydrogen-bond donors (Lipinski definition) is 1. The fraction of sp³-hybridized carbons (Fsp3) is 0.455. The summed E-state index contributed by atoms with van der Waals surface area (Å²) in [6.07, 6.45) is 2.50. The second kappa shape index (κ2) is 6.17. The van der Waals surface area contributed by atoms with Crippen molar-refractivity contribution in [3.05, 3.63) is 35.9 Å². The van der Waals surface area contributed by atoms with Gasteiger partial charge in [-0.25, -0.2) is 0 Å². The highest BCUT2D eigenvalue weighted by Gasteiger charge is 2.02. The van der Waals surface area contributed by atoms with E-state index in [1.165, 1.54) is 5.56 Å². The zero-order chi connectivity index (χ0) is 9.52. The van der Waals surface area contributed by atoms with Crippen LogP contribution in [-0.4, -0.2) is 16.5 Å². The first kappa shape index (κ1) is 10.7. The van der Waals surface area contributed by atoms with Crippen LogP contribution in [0.5, 0.6) is 0 Å². The second-order valence-electron chi connectivity index (χ2n) is 3.16. The predicted octanol–water partition coefficient (Wildman–Crippen LogP) is 2.77. The molecular formula is C11H15BrO. The van der Waals surface area contributed by atoms with Gasteiger partial charge in [-0.15, -0.1) is 0 Å². The van der Waals surface area contributed by atoms with Gasteiger partial charge in [0.2, 0.25) is 0 Å². The Morgan fingerprint density at radius 2 is 1.85 bits per heavy atom. The van der Waals surface area contributed by atoms with Crippen molar-refractivity contribution in [2.24, 2.45) is 0 Å². The number of hydrogen-bond acceptors (Lipinski definition) is 1. The monoisotopic (exact) mass is 242 g/mol. The summed E-state index contributed by atoms with van der Waals surface area (Å²) in [6.45, 7) is 0. The topological polar surface area (TPSA) is 20.2 Å². The zero-order valence-electron chi connectivity index (χ0n) is 7.62. The zero-order valence-corrected chi connectivity index (χ0v) is 9.20. The number of aliphatic hydroxyl groups is 1. The number of rotatable bonds is 5. The van der Waals surface area contributed by atoms with E-state index in [2.05, 4.69) is 28.1 Å². The van der Waals surface area contributed by atoms with Gasteiger partial charge in [0.1, 0.15) is 0 Å². The summed E-state index contributed by atoms with van der Waals surface area (Å²) in [4.78, 5) is 0. The number of aryl methyl sites for hydroxylation is 1. The summed E-state index contributed by atoms with van der Waals surface area (Å²) >= 11 is 3.32.